The van der Waals surface area contributed by atoms with Crippen molar-refractivity contribution in [2.75, 3.05) is 10.6 Å². The zero-order valence-corrected chi connectivity index (χ0v) is 16.6. The Morgan fingerprint density at radius 3 is 2.61 bits per heavy atom. The highest BCUT2D eigenvalue weighted by molar-refractivity contribution is 6.30. The number of amides is 1. The summed E-state index contributed by atoms with van der Waals surface area (Å²) in [6.07, 6.45) is 0.0362. The number of anilines is 3. The Morgan fingerprint density at radius 1 is 1.07 bits per heavy atom. The molecule has 0 aliphatic carbocycles. The van der Waals surface area contributed by atoms with E-state index in [1.165, 1.54) is 0 Å². The Balaban J connectivity index is 1.83. The number of aryl methyl sites for hydroxylation is 1. The van der Waals surface area contributed by atoms with Gasteiger partial charge in [0.2, 0.25) is 0 Å². The van der Waals surface area contributed by atoms with E-state index in [9.17, 15) is 4.79 Å². The standard InChI is InChI=1S/C21H21ClN4O2/c1-13(2)28-19-10-5-4-9-17(19)26-20-12-18(23-14(3)24-20)21(27)25-16-8-6-7-15(22)11-16/h4-13H,1-3H3,(H,25,27)(H,23,24,26). The summed E-state index contributed by atoms with van der Waals surface area (Å²) < 4.78 is 5.82. The summed E-state index contributed by atoms with van der Waals surface area (Å²) >= 11 is 5.97. The van der Waals surface area contributed by atoms with Crippen molar-refractivity contribution >= 4 is 34.7 Å². The molecule has 1 aromatic heterocycles. The number of carbonyl (C=O) groups is 1. The fourth-order valence-corrected chi connectivity index (χ4v) is 2.76. The maximum atomic E-state index is 12.6. The van der Waals surface area contributed by atoms with Crippen LogP contribution >= 0.6 is 11.6 Å². The molecule has 0 unspecified atom stereocenters. The van der Waals surface area contributed by atoms with Gasteiger partial charge in [-0.05, 0) is 51.1 Å². The van der Waals surface area contributed by atoms with Gasteiger partial charge in [0.15, 0.2) is 0 Å². The van der Waals surface area contributed by atoms with Crippen molar-refractivity contribution in [2.24, 2.45) is 0 Å². The summed E-state index contributed by atoms with van der Waals surface area (Å²) in [5, 5.41) is 6.54. The molecule has 0 bridgehead atoms. The number of nitrogens with zero attached hydrogens (tertiary/aromatic N) is 2. The van der Waals surface area contributed by atoms with Crippen LogP contribution in [0.1, 0.15) is 30.2 Å². The molecule has 0 spiro atoms. The molecule has 2 N–H and O–H groups in total. The lowest BCUT2D eigenvalue weighted by Gasteiger charge is -2.15. The minimum Gasteiger partial charge on any atom is -0.489 e. The van der Waals surface area contributed by atoms with Crippen molar-refractivity contribution in [2.45, 2.75) is 26.9 Å². The van der Waals surface area contributed by atoms with Gasteiger partial charge in [-0.15, -0.1) is 0 Å². The monoisotopic (exact) mass is 396 g/mol. The molecule has 0 fully saturated rings. The van der Waals surface area contributed by atoms with Gasteiger partial charge in [-0.2, -0.15) is 0 Å². The summed E-state index contributed by atoms with van der Waals surface area (Å²) in [5.74, 6) is 1.34. The maximum Gasteiger partial charge on any atom is 0.274 e. The lowest BCUT2D eigenvalue weighted by atomic mass is 10.2. The zero-order chi connectivity index (χ0) is 20.1. The highest BCUT2D eigenvalue weighted by Gasteiger charge is 2.13. The average Bonchev–Trinajstić information content (AvgIpc) is 2.62. The molecule has 2 aromatic carbocycles. The average molecular weight is 397 g/mol. The Hall–Kier alpha value is -3.12. The van der Waals surface area contributed by atoms with Gasteiger partial charge in [0.25, 0.3) is 5.91 Å². The van der Waals surface area contributed by atoms with Gasteiger partial charge in [-0.25, -0.2) is 9.97 Å². The molecule has 0 atom stereocenters. The molecule has 144 valence electrons. The lowest BCUT2D eigenvalue weighted by molar-refractivity contribution is 0.102. The zero-order valence-electron chi connectivity index (χ0n) is 15.9. The summed E-state index contributed by atoms with van der Waals surface area (Å²) in [4.78, 5) is 21.2. The van der Waals surface area contributed by atoms with Gasteiger partial charge < -0.3 is 15.4 Å². The Bertz CT molecular complexity index is 992. The molecule has 0 radical (unpaired) electrons. The van der Waals surface area contributed by atoms with Crippen LogP contribution in [0.2, 0.25) is 5.02 Å². The van der Waals surface area contributed by atoms with E-state index in [2.05, 4.69) is 20.6 Å². The van der Waals surface area contributed by atoms with E-state index >= 15 is 0 Å². The third-order valence-corrected chi connectivity index (χ3v) is 3.90. The second-order valence-electron chi connectivity index (χ2n) is 6.44. The first-order valence-corrected chi connectivity index (χ1v) is 9.24. The molecule has 3 aromatic rings. The topological polar surface area (TPSA) is 76.1 Å². The van der Waals surface area contributed by atoms with Crippen LogP contribution in [0.3, 0.4) is 0 Å². The molecule has 3 rings (SSSR count). The minimum absolute atomic E-state index is 0.0362. The summed E-state index contributed by atoms with van der Waals surface area (Å²) in [6, 6.07) is 16.1. The number of ether oxygens (including phenoxy) is 1. The summed E-state index contributed by atoms with van der Waals surface area (Å²) in [7, 11) is 0. The number of halogens is 1. The third kappa shape index (κ3) is 5.20. The molecule has 0 saturated heterocycles. The molecule has 0 aliphatic rings. The van der Waals surface area contributed by atoms with Crippen molar-refractivity contribution < 1.29 is 9.53 Å². The summed E-state index contributed by atoms with van der Waals surface area (Å²) in [5.41, 5.74) is 1.60. The number of para-hydroxylation sites is 2. The van der Waals surface area contributed by atoms with E-state index in [1.54, 1.807) is 37.3 Å². The molecule has 0 aliphatic heterocycles. The number of hydrogen-bond donors (Lipinski definition) is 2. The number of hydrogen-bond acceptors (Lipinski definition) is 5. The number of rotatable bonds is 6. The molecule has 1 amide bonds. The van der Waals surface area contributed by atoms with E-state index < -0.39 is 0 Å². The first-order chi connectivity index (χ1) is 13.4. The molecular formula is C21H21ClN4O2. The second kappa shape index (κ2) is 8.71. The van der Waals surface area contributed by atoms with Crippen LogP contribution in [0.25, 0.3) is 0 Å². The van der Waals surface area contributed by atoms with Crippen LogP contribution < -0.4 is 15.4 Å². The van der Waals surface area contributed by atoms with Crippen molar-refractivity contribution in [1.29, 1.82) is 0 Å². The van der Waals surface area contributed by atoms with Crippen molar-refractivity contribution in [3.8, 4) is 5.75 Å². The van der Waals surface area contributed by atoms with Crippen LogP contribution in [0.15, 0.2) is 54.6 Å². The molecule has 28 heavy (non-hydrogen) atoms. The highest BCUT2D eigenvalue weighted by Crippen LogP contribution is 2.28. The Kier molecular flexibility index (Phi) is 6.11. The molecule has 7 heteroatoms. The third-order valence-electron chi connectivity index (χ3n) is 3.67. The number of carbonyl (C=O) groups excluding carboxylic acids is 1. The van der Waals surface area contributed by atoms with E-state index in [0.717, 1.165) is 5.69 Å². The second-order valence-corrected chi connectivity index (χ2v) is 6.87. The first kappa shape index (κ1) is 19.6. The highest BCUT2D eigenvalue weighted by atomic mass is 35.5. The number of nitrogens with one attached hydrogen (secondary N) is 2. The van der Waals surface area contributed by atoms with Crippen molar-refractivity contribution in [3.63, 3.8) is 0 Å². The van der Waals surface area contributed by atoms with Crippen molar-refractivity contribution in [3.05, 3.63) is 71.1 Å². The lowest BCUT2D eigenvalue weighted by Crippen LogP contribution is -2.15. The normalized spacial score (nSPS) is 10.6. The van der Waals surface area contributed by atoms with Gasteiger partial charge in [-0.3, -0.25) is 4.79 Å². The van der Waals surface area contributed by atoms with Crippen LogP contribution in [-0.4, -0.2) is 22.0 Å². The van der Waals surface area contributed by atoms with Crippen LogP contribution in [0.5, 0.6) is 5.75 Å². The largest absolute Gasteiger partial charge is 0.489 e. The predicted molar refractivity (Wildman–Crippen MR) is 112 cm³/mol. The van der Waals surface area contributed by atoms with Gasteiger partial charge in [0.1, 0.15) is 23.1 Å². The SMILES string of the molecule is Cc1nc(Nc2ccccc2OC(C)C)cc(C(=O)Nc2cccc(Cl)c2)n1. The van der Waals surface area contributed by atoms with Crippen molar-refractivity contribution in [1.82, 2.24) is 9.97 Å². The molecule has 0 saturated carbocycles. The first-order valence-electron chi connectivity index (χ1n) is 8.86. The quantitative estimate of drug-likeness (QED) is 0.597. The van der Waals surface area contributed by atoms with E-state index in [-0.39, 0.29) is 17.7 Å². The minimum atomic E-state index is -0.345. The fraction of sp³-hybridized carbons (Fsp3) is 0.190. The fourth-order valence-electron chi connectivity index (χ4n) is 2.57. The maximum absolute atomic E-state index is 12.6. The predicted octanol–water partition coefficient (Wildman–Crippen LogP) is 5.22. The van der Waals surface area contributed by atoms with Gasteiger partial charge >= 0.3 is 0 Å². The van der Waals surface area contributed by atoms with Crippen LogP contribution in [-0.2, 0) is 0 Å². The van der Waals surface area contributed by atoms with Gasteiger partial charge in [0.05, 0.1) is 11.8 Å². The number of benzene rings is 2. The Labute approximate surface area is 168 Å². The van der Waals surface area contributed by atoms with Gasteiger partial charge in [0, 0.05) is 16.8 Å². The molecule has 6 nitrogen and oxygen atoms in total. The smallest absolute Gasteiger partial charge is 0.274 e. The van der Waals surface area contributed by atoms with E-state index in [0.29, 0.717) is 28.1 Å². The summed E-state index contributed by atoms with van der Waals surface area (Å²) in [6.45, 7) is 5.66. The van der Waals surface area contributed by atoms with E-state index in [4.69, 9.17) is 16.3 Å². The molecular weight excluding hydrogens is 376 g/mol. The van der Waals surface area contributed by atoms with Crippen LogP contribution in [0, 0.1) is 6.92 Å². The Morgan fingerprint density at radius 2 is 1.86 bits per heavy atom. The number of aromatic nitrogens is 2. The molecule has 1 heterocycles. The van der Waals surface area contributed by atoms with Gasteiger partial charge in [-0.1, -0.05) is 29.8 Å². The van der Waals surface area contributed by atoms with E-state index in [1.807, 2.05) is 38.1 Å². The van der Waals surface area contributed by atoms with Crippen LogP contribution in [0.4, 0.5) is 17.2 Å².